The summed E-state index contributed by atoms with van der Waals surface area (Å²) < 4.78 is 39.3. The van der Waals surface area contributed by atoms with Gasteiger partial charge in [0.25, 0.3) is 0 Å². The van der Waals surface area contributed by atoms with Gasteiger partial charge < -0.3 is 21.1 Å². The smallest absolute Gasteiger partial charge is 0.394 e. The number of anilines is 3. The molecule has 1 aromatic carbocycles. The van der Waals surface area contributed by atoms with Crippen molar-refractivity contribution in [3.63, 3.8) is 0 Å². The summed E-state index contributed by atoms with van der Waals surface area (Å²) in [6.45, 7) is 0.283. The van der Waals surface area contributed by atoms with Crippen LogP contribution >= 0.6 is 11.6 Å². The Kier molecular flexibility index (Phi) is 7.94. The van der Waals surface area contributed by atoms with Crippen molar-refractivity contribution < 1.29 is 23.1 Å². The van der Waals surface area contributed by atoms with Gasteiger partial charge in [-0.3, -0.25) is 9.48 Å². The van der Waals surface area contributed by atoms with Crippen LogP contribution < -0.4 is 16.0 Å². The number of benzene rings is 1. The first-order valence-electron chi connectivity index (χ1n) is 11.4. The van der Waals surface area contributed by atoms with Gasteiger partial charge in [-0.15, -0.1) is 0 Å². The Hall–Kier alpha value is -3.38. The molecule has 1 aliphatic carbocycles. The van der Waals surface area contributed by atoms with Crippen molar-refractivity contribution in [1.82, 2.24) is 25.1 Å². The topological polar surface area (TPSA) is 117 Å². The van der Waals surface area contributed by atoms with Crippen molar-refractivity contribution in [1.29, 1.82) is 0 Å². The summed E-state index contributed by atoms with van der Waals surface area (Å²) in [5, 5.41) is 22.6. The van der Waals surface area contributed by atoms with E-state index in [0.29, 0.717) is 60.3 Å². The lowest BCUT2D eigenvalue weighted by molar-refractivity contribution is -0.174. The predicted molar refractivity (Wildman–Crippen MR) is 129 cm³/mol. The molecule has 9 nitrogen and oxygen atoms in total. The molecule has 0 radical (unpaired) electrons. The third-order valence-electron chi connectivity index (χ3n) is 5.80. The molecule has 1 saturated carbocycles. The van der Waals surface area contributed by atoms with Gasteiger partial charge in [-0.2, -0.15) is 23.3 Å². The molecule has 1 aliphatic rings. The molecule has 0 bridgehead atoms. The van der Waals surface area contributed by atoms with Gasteiger partial charge >= 0.3 is 12.1 Å². The Morgan fingerprint density at radius 3 is 2.61 bits per heavy atom. The quantitative estimate of drug-likeness (QED) is 0.351. The van der Waals surface area contributed by atoms with Gasteiger partial charge in [-0.25, -0.2) is 4.98 Å². The summed E-state index contributed by atoms with van der Waals surface area (Å²) in [5.41, 5.74) is 2.13. The van der Waals surface area contributed by atoms with Gasteiger partial charge in [0.1, 0.15) is 5.82 Å². The second kappa shape index (κ2) is 11.1. The summed E-state index contributed by atoms with van der Waals surface area (Å²) in [5.74, 6) is -1.05. The fraction of sp³-hybridized carbons (Fsp3) is 0.391. The summed E-state index contributed by atoms with van der Waals surface area (Å²) in [7, 11) is 0. The minimum absolute atomic E-state index is 0.0562. The first kappa shape index (κ1) is 25.7. The second-order valence-corrected chi connectivity index (χ2v) is 8.91. The summed E-state index contributed by atoms with van der Waals surface area (Å²) in [6, 6.07) is 6.51. The summed E-state index contributed by atoms with van der Waals surface area (Å²) in [4.78, 5) is 20.3. The fourth-order valence-corrected chi connectivity index (χ4v) is 4.22. The Labute approximate surface area is 210 Å². The van der Waals surface area contributed by atoms with Crippen LogP contribution in [-0.2, 0) is 11.3 Å². The van der Waals surface area contributed by atoms with Crippen LogP contribution in [0.15, 0.2) is 42.9 Å². The van der Waals surface area contributed by atoms with Gasteiger partial charge in [0, 0.05) is 46.3 Å². The molecule has 4 N–H and O–H groups in total. The molecule has 4 rings (SSSR count). The normalized spacial score (nSPS) is 18.0. The van der Waals surface area contributed by atoms with E-state index in [4.69, 9.17) is 11.6 Å². The van der Waals surface area contributed by atoms with Gasteiger partial charge in [0.2, 0.25) is 5.95 Å². The van der Waals surface area contributed by atoms with Crippen LogP contribution in [0.1, 0.15) is 25.7 Å². The number of hydrogen-bond donors (Lipinski definition) is 4. The minimum Gasteiger partial charge on any atom is -0.394 e. The highest BCUT2D eigenvalue weighted by Gasteiger charge is 2.40. The highest BCUT2D eigenvalue weighted by atomic mass is 35.5. The molecule has 0 spiro atoms. The minimum atomic E-state index is -4.89. The maximum Gasteiger partial charge on any atom is 0.471 e. The van der Waals surface area contributed by atoms with Gasteiger partial charge in [-0.1, -0.05) is 17.7 Å². The molecule has 1 amide bonds. The number of alkyl halides is 3. The average molecular weight is 524 g/mol. The number of rotatable bonds is 8. The molecule has 2 heterocycles. The van der Waals surface area contributed by atoms with Crippen molar-refractivity contribution in [3.8, 4) is 11.1 Å². The van der Waals surface area contributed by atoms with E-state index in [2.05, 4.69) is 31.0 Å². The van der Waals surface area contributed by atoms with E-state index in [1.165, 1.54) is 0 Å². The number of carbonyl (C=O) groups excluding carboxylic acids is 1. The number of hydrogen-bond acceptors (Lipinski definition) is 7. The number of aliphatic hydroxyl groups is 1. The van der Waals surface area contributed by atoms with Crippen molar-refractivity contribution in [2.24, 2.45) is 0 Å². The zero-order valence-corrected chi connectivity index (χ0v) is 19.9. The van der Waals surface area contributed by atoms with Crippen LogP contribution in [0.5, 0.6) is 0 Å². The number of carbonyl (C=O) groups is 1. The van der Waals surface area contributed by atoms with E-state index >= 15 is 0 Å². The number of halogens is 4. The van der Waals surface area contributed by atoms with Crippen LogP contribution in [0.2, 0.25) is 5.02 Å². The Morgan fingerprint density at radius 2 is 1.92 bits per heavy atom. The van der Waals surface area contributed by atoms with Crippen molar-refractivity contribution in [2.45, 2.75) is 50.5 Å². The van der Waals surface area contributed by atoms with E-state index in [1.807, 2.05) is 6.07 Å². The number of aromatic nitrogens is 4. The SMILES string of the molecule is O=C(N[C@H]1CC[C@@H](Nc2nc(Nc3cccc(Cl)c3)ncc2-c2cnn(CCO)c2)CC1)C(F)(F)F. The van der Waals surface area contributed by atoms with E-state index in [1.54, 1.807) is 41.5 Å². The Balaban J connectivity index is 1.51. The van der Waals surface area contributed by atoms with Crippen LogP contribution in [0.3, 0.4) is 0 Å². The van der Waals surface area contributed by atoms with Crippen molar-refractivity contribution in [3.05, 3.63) is 47.9 Å². The molecular weight excluding hydrogens is 499 g/mol. The predicted octanol–water partition coefficient (Wildman–Crippen LogP) is 4.13. The average Bonchev–Trinajstić information content (AvgIpc) is 3.28. The summed E-state index contributed by atoms with van der Waals surface area (Å²) >= 11 is 6.06. The molecule has 0 atom stereocenters. The molecule has 3 aromatic rings. The highest BCUT2D eigenvalue weighted by Crippen LogP contribution is 2.31. The first-order chi connectivity index (χ1) is 17.2. The first-order valence-corrected chi connectivity index (χ1v) is 11.8. The molecule has 0 aliphatic heterocycles. The number of nitrogens with zero attached hydrogens (tertiary/aromatic N) is 4. The van der Waals surface area contributed by atoms with Gasteiger partial charge in [-0.05, 0) is 43.9 Å². The van der Waals surface area contributed by atoms with Gasteiger partial charge in [0.15, 0.2) is 0 Å². The number of amides is 1. The molecule has 1 fully saturated rings. The molecule has 36 heavy (non-hydrogen) atoms. The monoisotopic (exact) mass is 523 g/mol. The highest BCUT2D eigenvalue weighted by molar-refractivity contribution is 6.30. The molecule has 192 valence electrons. The largest absolute Gasteiger partial charge is 0.471 e. The Morgan fingerprint density at radius 1 is 1.17 bits per heavy atom. The van der Waals surface area contributed by atoms with E-state index in [0.717, 1.165) is 5.56 Å². The van der Waals surface area contributed by atoms with E-state index in [-0.39, 0.29) is 12.6 Å². The lowest BCUT2D eigenvalue weighted by Crippen LogP contribution is -2.45. The van der Waals surface area contributed by atoms with E-state index in [9.17, 15) is 23.1 Å². The standard InChI is InChI=1S/C23H25ClF3N7O2/c24-15-2-1-3-18(10-15)32-22-28-12-19(14-11-29-34(13-14)8-9-35)20(33-22)30-16-4-6-17(7-5-16)31-21(36)23(25,26)27/h1-3,10-13,16-17,35H,4-9H2,(H,31,36)(H2,28,30,32,33)/t16-,17+. The van der Waals surface area contributed by atoms with Crippen LogP contribution in [0.25, 0.3) is 11.1 Å². The molecule has 13 heteroatoms. The van der Waals surface area contributed by atoms with Crippen molar-refractivity contribution >= 4 is 35.0 Å². The lowest BCUT2D eigenvalue weighted by Gasteiger charge is -2.30. The fourth-order valence-electron chi connectivity index (χ4n) is 4.03. The lowest BCUT2D eigenvalue weighted by atomic mass is 9.91. The van der Waals surface area contributed by atoms with Crippen LogP contribution in [0.4, 0.5) is 30.6 Å². The van der Waals surface area contributed by atoms with Crippen LogP contribution in [-0.4, -0.2) is 55.6 Å². The molecule has 0 saturated heterocycles. The van der Waals surface area contributed by atoms with Crippen LogP contribution in [0, 0.1) is 0 Å². The third-order valence-corrected chi connectivity index (χ3v) is 6.04. The zero-order chi connectivity index (χ0) is 25.7. The second-order valence-electron chi connectivity index (χ2n) is 8.47. The molecule has 0 unspecified atom stereocenters. The maximum atomic E-state index is 12.6. The van der Waals surface area contributed by atoms with Crippen molar-refractivity contribution in [2.75, 3.05) is 17.2 Å². The molecular formula is C23H25ClF3N7O2. The Bertz CT molecular complexity index is 1200. The number of aliphatic hydroxyl groups excluding tert-OH is 1. The third kappa shape index (κ3) is 6.64. The zero-order valence-electron chi connectivity index (χ0n) is 19.1. The number of nitrogens with one attached hydrogen (secondary N) is 3. The van der Waals surface area contributed by atoms with E-state index < -0.39 is 18.1 Å². The maximum absolute atomic E-state index is 12.6. The molecule has 2 aromatic heterocycles. The summed E-state index contributed by atoms with van der Waals surface area (Å²) in [6.07, 6.45) is 2.08. The van der Waals surface area contributed by atoms with Gasteiger partial charge in [0.05, 0.1) is 19.3 Å².